The second-order valence-corrected chi connectivity index (χ2v) is 10.0. The Bertz CT molecular complexity index is 1270. The minimum atomic E-state index is -1.71. The van der Waals surface area contributed by atoms with Gasteiger partial charge in [-0.05, 0) is 30.5 Å². The molecule has 2 aliphatic rings. The van der Waals surface area contributed by atoms with Gasteiger partial charge in [0.1, 0.15) is 12.1 Å². The fourth-order valence-electron chi connectivity index (χ4n) is 4.28. The van der Waals surface area contributed by atoms with Crippen molar-refractivity contribution in [1.82, 2.24) is 20.1 Å². The lowest BCUT2D eigenvalue weighted by Gasteiger charge is -2.30. The zero-order valence-electron chi connectivity index (χ0n) is 20.3. The third kappa shape index (κ3) is 5.60. The summed E-state index contributed by atoms with van der Waals surface area (Å²) in [5.41, 5.74) is 0.619. The number of rotatable bonds is 7. The summed E-state index contributed by atoms with van der Waals surface area (Å²) in [5.74, 6) is 1.94. The van der Waals surface area contributed by atoms with Gasteiger partial charge in [0.25, 0.3) is 0 Å². The van der Waals surface area contributed by atoms with E-state index in [1.807, 2.05) is 30.9 Å². The summed E-state index contributed by atoms with van der Waals surface area (Å²) in [4.78, 5) is 26.2. The van der Waals surface area contributed by atoms with Crippen molar-refractivity contribution in [3.8, 4) is 11.6 Å². The van der Waals surface area contributed by atoms with Gasteiger partial charge in [-0.25, -0.2) is 4.98 Å². The Balaban J connectivity index is 1.29. The van der Waals surface area contributed by atoms with Crippen LogP contribution in [0.5, 0.6) is 11.6 Å². The molecule has 0 amide bonds. The molecule has 4 heterocycles. The molecule has 0 aliphatic carbocycles. The lowest BCUT2D eigenvalue weighted by Crippen LogP contribution is -2.34. The molecule has 2 aromatic heterocycles. The Hall–Kier alpha value is -3.49. The predicted molar refractivity (Wildman–Crippen MR) is 131 cm³/mol. The molecule has 0 unspecified atom stereocenters. The van der Waals surface area contributed by atoms with E-state index in [4.69, 9.17) is 17.6 Å². The monoisotopic (exact) mass is 530 g/mol. The van der Waals surface area contributed by atoms with Crippen LogP contribution in [0.4, 0.5) is 11.5 Å². The molecule has 5 rings (SSSR count). The van der Waals surface area contributed by atoms with Gasteiger partial charge in [0.2, 0.25) is 11.7 Å². The molecule has 0 spiro atoms. The summed E-state index contributed by atoms with van der Waals surface area (Å²) >= 11 is -1.71. The van der Waals surface area contributed by atoms with Gasteiger partial charge < -0.3 is 14.2 Å². The van der Waals surface area contributed by atoms with Crippen molar-refractivity contribution >= 4 is 22.9 Å². The van der Waals surface area contributed by atoms with E-state index >= 15 is 0 Å². The minimum Gasteiger partial charge on any atom is -0.434 e. The van der Waals surface area contributed by atoms with E-state index in [1.165, 1.54) is 6.33 Å². The molecule has 0 radical (unpaired) electrons. The molecule has 0 saturated carbocycles. The van der Waals surface area contributed by atoms with Crippen LogP contribution in [0, 0.1) is 10.1 Å². The maximum absolute atomic E-state index is 12.0. The van der Waals surface area contributed by atoms with E-state index in [-0.39, 0.29) is 48.4 Å². The van der Waals surface area contributed by atoms with E-state index in [9.17, 15) is 14.3 Å². The Morgan fingerprint density at radius 3 is 2.43 bits per heavy atom. The largest absolute Gasteiger partial charge is 0.434 e. The van der Waals surface area contributed by atoms with Crippen molar-refractivity contribution in [3.05, 3.63) is 58.0 Å². The van der Waals surface area contributed by atoms with E-state index in [0.29, 0.717) is 43.4 Å². The summed E-state index contributed by atoms with van der Waals surface area (Å²) < 4.78 is 32.5. The second-order valence-electron chi connectivity index (χ2n) is 9.16. The number of piperidine rings is 1. The fraction of sp³-hybridized carbons (Fsp3) is 0.478. The summed E-state index contributed by atoms with van der Waals surface area (Å²) in [6.45, 7) is 5.62. The highest BCUT2D eigenvalue weighted by Crippen LogP contribution is 2.39. The van der Waals surface area contributed by atoms with Gasteiger partial charge >= 0.3 is 22.9 Å². The Morgan fingerprint density at radius 2 is 1.81 bits per heavy atom. The number of benzene rings is 1. The van der Waals surface area contributed by atoms with Crippen LogP contribution in [0.25, 0.3) is 0 Å². The molecular formula is C23H26N6O7S. The predicted octanol–water partition coefficient (Wildman–Crippen LogP) is 3.78. The molecule has 14 heteroatoms. The number of ether oxygens (including phenoxy) is 1. The highest BCUT2D eigenvalue weighted by atomic mass is 32.2. The topological polar surface area (TPSA) is 156 Å². The van der Waals surface area contributed by atoms with Crippen LogP contribution in [0.15, 0.2) is 35.1 Å². The molecule has 2 fully saturated rings. The van der Waals surface area contributed by atoms with Crippen LogP contribution in [-0.4, -0.2) is 55.5 Å². The first-order chi connectivity index (χ1) is 17.9. The lowest BCUT2D eigenvalue weighted by atomic mass is 9.96. The highest BCUT2D eigenvalue weighted by molar-refractivity contribution is 7.75. The average Bonchev–Trinajstić information content (AvgIpc) is 3.40. The molecule has 1 aromatic carbocycles. The average molecular weight is 531 g/mol. The van der Waals surface area contributed by atoms with E-state index in [1.54, 1.807) is 12.1 Å². The molecule has 37 heavy (non-hydrogen) atoms. The zero-order valence-corrected chi connectivity index (χ0v) is 21.1. The summed E-state index contributed by atoms with van der Waals surface area (Å²) in [6.07, 6.45) is 2.66. The number of anilines is 1. The van der Waals surface area contributed by atoms with Gasteiger partial charge in [-0.3, -0.25) is 18.5 Å². The molecule has 3 aromatic rings. The van der Waals surface area contributed by atoms with Gasteiger partial charge in [-0.2, -0.15) is 14.2 Å². The maximum atomic E-state index is 12.0. The number of hydrogen-bond acceptors (Lipinski definition) is 12. The van der Waals surface area contributed by atoms with Crippen molar-refractivity contribution < 1.29 is 26.8 Å². The molecule has 2 saturated heterocycles. The van der Waals surface area contributed by atoms with Crippen LogP contribution in [0.3, 0.4) is 0 Å². The smallest absolute Gasteiger partial charge is 0.373 e. The summed E-state index contributed by atoms with van der Waals surface area (Å²) in [7, 11) is 0. The quantitative estimate of drug-likeness (QED) is 0.322. The third-order valence-corrected chi connectivity index (χ3v) is 7.02. The number of hydrogen-bond donors (Lipinski definition) is 0. The first-order valence-corrected chi connectivity index (χ1v) is 12.9. The van der Waals surface area contributed by atoms with Crippen LogP contribution < -0.4 is 9.64 Å². The maximum Gasteiger partial charge on any atom is 0.373 e. The van der Waals surface area contributed by atoms with Gasteiger partial charge in [-0.1, -0.05) is 31.1 Å². The first-order valence-electron chi connectivity index (χ1n) is 11.9. The van der Waals surface area contributed by atoms with Crippen molar-refractivity contribution in [1.29, 1.82) is 0 Å². The van der Waals surface area contributed by atoms with Crippen molar-refractivity contribution in [2.75, 3.05) is 31.2 Å². The molecule has 0 N–H and O–H groups in total. The van der Waals surface area contributed by atoms with Crippen molar-refractivity contribution in [3.63, 3.8) is 0 Å². The Morgan fingerprint density at radius 1 is 1.11 bits per heavy atom. The Kier molecular flexibility index (Phi) is 7.39. The highest BCUT2D eigenvalue weighted by Gasteiger charge is 2.33. The van der Waals surface area contributed by atoms with E-state index < -0.39 is 16.3 Å². The minimum absolute atomic E-state index is 0.0706. The van der Waals surface area contributed by atoms with Crippen LogP contribution in [-0.2, 0) is 19.7 Å². The van der Waals surface area contributed by atoms with Crippen molar-refractivity contribution in [2.45, 2.75) is 44.4 Å². The second kappa shape index (κ2) is 10.9. The summed E-state index contributed by atoms with van der Waals surface area (Å²) in [6, 6.07) is 6.99. The van der Waals surface area contributed by atoms with Crippen LogP contribution in [0.1, 0.15) is 61.7 Å². The summed E-state index contributed by atoms with van der Waals surface area (Å²) in [5, 5.41) is 16.1. The molecular weight excluding hydrogens is 504 g/mol. The van der Waals surface area contributed by atoms with Gasteiger partial charge in [0, 0.05) is 30.8 Å². The van der Waals surface area contributed by atoms with E-state index in [2.05, 4.69) is 20.1 Å². The SMILES string of the molecule is CC(C)c1noc(C2CCN(c3ncnc(Oc4ccc([C@H]5CO[S@](=O)OC5)cc4)c3[N+](=O)[O-])CC2)n1. The molecule has 13 nitrogen and oxygen atoms in total. The molecule has 196 valence electrons. The first kappa shape index (κ1) is 25.2. The number of nitro groups is 1. The van der Waals surface area contributed by atoms with Crippen LogP contribution in [0.2, 0.25) is 0 Å². The molecule has 0 bridgehead atoms. The van der Waals surface area contributed by atoms with E-state index in [0.717, 1.165) is 5.56 Å². The zero-order chi connectivity index (χ0) is 25.9. The van der Waals surface area contributed by atoms with Gasteiger partial charge in [-0.15, -0.1) is 0 Å². The third-order valence-electron chi connectivity index (χ3n) is 6.37. The fourth-order valence-corrected chi connectivity index (χ4v) is 4.89. The van der Waals surface area contributed by atoms with Gasteiger partial charge in [0.15, 0.2) is 5.82 Å². The lowest BCUT2D eigenvalue weighted by molar-refractivity contribution is -0.385. The van der Waals surface area contributed by atoms with Gasteiger partial charge in [0.05, 0.1) is 18.1 Å². The van der Waals surface area contributed by atoms with Crippen molar-refractivity contribution in [2.24, 2.45) is 0 Å². The molecule has 0 atom stereocenters. The Labute approximate surface area is 215 Å². The molecule has 2 aliphatic heterocycles. The standard InChI is InChI=1S/C23H26N6O7S/c1-14(2)20-26-22(36-27-20)16-7-9-28(10-8-16)21-19(29(30)31)23(25-13-24-21)35-18-5-3-15(4-6-18)17-11-33-37(32)34-12-17/h3-6,13-14,16-17H,7-12H2,1-2H3/t17-,37-. The normalized spacial score (nSPS) is 20.8. The number of aromatic nitrogens is 4. The van der Waals surface area contributed by atoms with Crippen LogP contribution >= 0.6 is 0 Å². The number of nitrogens with zero attached hydrogens (tertiary/aromatic N) is 6.